The zero-order valence-corrected chi connectivity index (χ0v) is 22.6. The molecular weight excluding hydrogens is 496 g/mol. The van der Waals surface area contributed by atoms with Crippen LogP contribution in [0.5, 0.6) is 0 Å². The summed E-state index contributed by atoms with van der Waals surface area (Å²) in [7, 11) is 0. The van der Waals surface area contributed by atoms with Crippen LogP contribution >= 0.6 is 0 Å². The number of rotatable bonds is 10. The van der Waals surface area contributed by atoms with Crippen LogP contribution in [-0.2, 0) is 27.5 Å². The highest BCUT2D eigenvalue weighted by Gasteiger charge is 2.50. The molecule has 0 saturated carbocycles. The second-order valence-corrected chi connectivity index (χ2v) is 9.88. The second kappa shape index (κ2) is 13.2. The van der Waals surface area contributed by atoms with Crippen LogP contribution in [0.15, 0.2) is 54.6 Å². The molecule has 0 radical (unpaired) electrons. The molecule has 0 unspecified atom stereocenters. The van der Waals surface area contributed by atoms with Gasteiger partial charge in [-0.1, -0.05) is 73.5 Å². The Morgan fingerprint density at radius 3 is 2.54 bits per heavy atom. The molecule has 2 aromatic carbocycles. The molecule has 4 rings (SSSR count). The van der Waals surface area contributed by atoms with Gasteiger partial charge in [0.05, 0.1) is 32.4 Å². The predicted octanol–water partition coefficient (Wildman–Crippen LogP) is 2.64. The van der Waals surface area contributed by atoms with Gasteiger partial charge in [0.25, 0.3) is 0 Å². The zero-order valence-electron chi connectivity index (χ0n) is 22.6. The number of hydrazine groups is 1. The van der Waals surface area contributed by atoms with E-state index in [0.717, 1.165) is 11.1 Å². The highest BCUT2D eigenvalue weighted by atomic mass is 16.5. The number of carbonyl (C=O) groups is 3. The fourth-order valence-electron chi connectivity index (χ4n) is 5.07. The number of aryl methyl sites for hydroxylation is 1. The van der Waals surface area contributed by atoms with Gasteiger partial charge in [-0.15, -0.1) is 0 Å². The number of carbonyl (C=O) groups excluding carboxylic acids is 3. The molecular formula is C29H36N6O4. The molecule has 0 bridgehead atoms. The predicted molar refractivity (Wildman–Crippen MR) is 144 cm³/mol. The molecule has 2 aromatic rings. The van der Waals surface area contributed by atoms with E-state index in [9.17, 15) is 19.6 Å². The lowest BCUT2D eigenvalue weighted by Crippen LogP contribution is -2.76. The van der Waals surface area contributed by atoms with Crippen molar-refractivity contribution in [3.05, 3.63) is 71.3 Å². The van der Waals surface area contributed by atoms with Crippen molar-refractivity contribution < 1.29 is 19.1 Å². The minimum Gasteiger partial charge on any atom is -0.375 e. The van der Waals surface area contributed by atoms with Gasteiger partial charge in [-0.3, -0.25) is 9.59 Å². The van der Waals surface area contributed by atoms with Crippen LogP contribution in [0, 0.1) is 18.3 Å². The minimum absolute atomic E-state index is 0.124. The maximum absolute atomic E-state index is 13.5. The van der Waals surface area contributed by atoms with Crippen molar-refractivity contribution in [2.24, 2.45) is 0 Å². The first-order valence-corrected chi connectivity index (χ1v) is 13.4. The third-order valence-corrected chi connectivity index (χ3v) is 7.03. The van der Waals surface area contributed by atoms with Gasteiger partial charge in [-0.2, -0.15) is 10.3 Å². The summed E-state index contributed by atoms with van der Waals surface area (Å²) in [5, 5.41) is 15.3. The first-order valence-electron chi connectivity index (χ1n) is 13.4. The van der Waals surface area contributed by atoms with Gasteiger partial charge in [0, 0.05) is 13.1 Å². The van der Waals surface area contributed by atoms with Crippen molar-refractivity contribution in [2.45, 2.75) is 52.0 Å². The number of benzene rings is 2. The summed E-state index contributed by atoms with van der Waals surface area (Å²) in [5.74, 6) is -0.400. The van der Waals surface area contributed by atoms with Gasteiger partial charge < -0.3 is 19.9 Å². The smallest absolute Gasteiger partial charge is 0.334 e. The van der Waals surface area contributed by atoms with Crippen LogP contribution < -0.4 is 5.32 Å². The number of nitrogens with one attached hydrogen (secondary N) is 1. The average Bonchev–Trinajstić information content (AvgIpc) is 2.93. The third kappa shape index (κ3) is 6.74. The Labute approximate surface area is 229 Å². The largest absolute Gasteiger partial charge is 0.375 e. The lowest BCUT2D eigenvalue weighted by atomic mass is 10.0. The average molecular weight is 533 g/mol. The molecule has 2 heterocycles. The Hall–Kier alpha value is -3.94. The Bertz CT molecular complexity index is 1180. The number of nitriles is 1. The first-order chi connectivity index (χ1) is 18.9. The lowest BCUT2D eigenvalue weighted by molar-refractivity contribution is -0.189. The van der Waals surface area contributed by atoms with Crippen LogP contribution in [0.4, 0.5) is 4.79 Å². The lowest BCUT2D eigenvalue weighted by Gasteiger charge is -2.54. The van der Waals surface area contributed by atoms with Crippen molar-refractivity contribution in [1.29, 1.82) is 5.26 Å². The minimum atomic E-state index is -0.721. The van der Waals surface area contributed by atoms with Gasteiger partial charge in [0.1, 0.15) is 18.8 Å². The van der Waals surface area contributed by atoms with Gasteiger partial charge in [0.15, 0.2) is 0 Å². The molecule has 0 aromatic heterocycles. The summed E-state index contributed by atoms with van der Waals surface area (Å²) in [6, 6.07) is 18.6. The molecule has 2 aliphatic heterocycles. The number of piperazine rings is 1. The van der Waals surface area contributed by atoms with Crippen LogP contribution in [-0.4, -0.2) is 82.7 Å². The SMILES string of the molecule is CCC[C@H]1C(=O)N(CCOCc2ccc(C)cc2)C[C@H]2N1C(=O)CN(CC#N)N2C(=O)NCc1ccccc1. The molecule has 10 nitrogen and oxygen atoms in total. The summed E-state index contributed by atoms with van der Waals surface area (Å²) >= 11 is 0. The Balaban J connectivity index is 1.50. The Kier molecular flexibility index (Phi) is 9.52. The van der Waals surface area contributed by atoms with Crippen molar-refractivity contribution >= 4 is 17.8 Å². The second-order valence-electron chi connectivity index (χ2n) is 9.88. The van der Waals surface area contributed by atoms with Crippen LogP contribution in [0.2, 0.25) is 0 Å². The van der Waals surface area contributed by atoms with E-state index < -0.39 is 18.2 Å². The third-order valence-electron chi connectivity index (χ3n) is 7.03. The summed E-state index contributed by atoms with van der Waals surface area (Å²) in [6.45, 7) is 5.25. The van der Waals surface area contributed by atoms with Crippen molar-refractivity contribution in [3.8, 4) is 6.07 Å². The molecule has 1 N–H and O–H groups in total. The van der Waals surface area contributed by atoms with Gasteiger partial charge >= 0.3 is 6.03 Å². The number of amides is 4. The molecule has 2 aliphatic rings. The van der Waals surface area contributed by atoms with E-state index in [-0.39, 0.29) is 31.4 Å². The number of hydrogen-bond acceptors (Lipinski definition) is 6. The molecule has 4 amide bonds. The summed E-state index contributed by atoms with van der Waals surface area (Å²) in [6.07, 6.45) is 0.466. The summed E-state index contributed by atoms with van der Waals surface area (Å²) in [4.78, 5) is 43.5. The van der Waals surface area contributed by atoms with Gasteiger partial charge in [-0.05, 0) is 24.5 Å². The normalized spacial score (nSPS) is 19.6. The number of ether oxygens (including phenoxy) is 1. The van der Waals surface area contributed by atoms with Crippen molar-refractivity contribution in [3.63, 3.8) is 0 Å². The highest BCUT2D eigenvalue weighted by Crippen LogP contribution is 2.28. The number of urea groups is 1. The van der Waals surface area contributed by atoms with E-state index in [1.165, 1.54) is 15.6 Å². The fourth-order valence-corrected chi connectivity index (χ4v) is 5.07. The quantitative estimate of drug-likeness (QED) is 0.372. The molecule has 0 spiro atoms. The molecule has 39 heavy (non-hydrogen) atoms. The van der Waals surface area contributed by atoms with Gasteiger partial charge in [-0.25, -0.2) is 9.80 Å². The fraction of sp³-hybridized carbons (Fsp3) is 0.448. The van der Waals surface area contributed by atoms with Crippen molar-refractivity contribution in [1.82, 2.24) is 25.1 Å². The maximum atomic E-state index is 13.5. The van der Waals surface area contributed by atoms with Crippen LogP contribution in [0.25, 0.3) is 0 Å². The molecule has 206 valence electrons. The maximum Gasteiger partial charge on any atom is 0.334 e. The number of hydrogen-bond donors (Lipinski definition) is 1. The first kappa shape index (κ1) is 28.1. The molecule has 0 aliphatic carbocycles. The Morgan fingerprint density at radius 1 is 1.10 bits per heavy atom. The molecule has 10 heteroatoms. The summed E-state index contributed by atoms with van der Waals surface area (Å²) in [5.41, 5.74) is 3.15. The molecule has 2 saturated heterocycles. The van der Waals surface area contributed by atoms with E-state index in [2.05, 4.69) is 11.4 Å². The highest BCUT2D eigenvalue weighted by molar-refractivity contribution is 5.91. The van der Waals surface area contributed by atoms with Crippen LogP contribution in [0.1, 0.15) is 36.5 Å². The molecule has 2 atom stereocenters. The van der Waals surface area contributed by atoms with Crippen LogP contribution in [0.3, 0.4) is 0 Å². The van der Waals surface area contributed by atoms with E-state index in [0.29, 0.717) is 39.1 Å². The monoisotopic (exact) mass is 532 g/mol. The number of nitrogens with zero attached hydrogens (tertiary/aromatic N) is 5. The standard InChI is InChI=1S/C29H36N6O4/c1-3-7-25-28(37)32(16-17-39-21-24-12-10-22(2)11-13-24)19-26-34(25)27(36)20-33(15-14-30)35(26)29(38)31-18-23-8-5-4-6-9-23/h4-6,8-13,25-26H,3,7,15-21H2,1-2H3,(H,31,38)/t25-,26-/m0/s1. The van der Waals surface area contributed by atoms with Gasteiger partial charge in [0.2, 0.25) is 11.8 Å². The van der Waals surface area contributed by atoms with Crippen molar-refractivity contribution in [2.75, 3.05) is 32.8 Å². The van der Waals surface area contributed by atoms with E-state index in [4.69, 9.17) is 4.74 Å². The van der Waals surface area contributed by atoms with E-state index in [1.807, 2.05) is 68.4 Å². The molecule has 2 fully saturated rings. The zero-order chi connectivity index (χ0) is 27.8. The Morgan fingerprint density at radius 2 is 1.85 bits per heavy atom. The number of fused-ring (bicyclic) bond motifs is 1. The summed E-state index contributed by atoms with van der Waals surface area (Å²) < 4.78 is 5.86. The van der Waals surface area contributed by atoms with E-state index in [1.54, 1.807) is 9.80 Å². The topological polar surface area (TPSA) is 109 Å². The van der Waals surface area contributed by atoms with E-state index >= 15 is 0 Å².